The van der Waals surface area contributed by atoms with Crippen molar-refractivity contribution < 1.29 is 14.0 Å². The zero-order valence-electron chi connectivity index (χ0n) is 20.4. The number of benzene rings is 1. The van der Waals surface area contributed by atoms with E-state index in [1.807, 2.05) is 48.4 Å². The molecule has 182 valence electrons. The van der Waals surface area contributed by atoms with Crippen LogP contribution < -0.4 is 0 Å². The van der Waals surface area contributed by atoms with E-state index in [4.69, 9.17) is 4.74 Å². The summed E-state index contributed by atoms with van der Waals surface area (Å²) >= 11 is 1.97. The molecule has 0 N–H and O–H groups in total. The lowest BCUT2D eigenvalue weighted by molar-refractivity contribution is -0.946. The number of hydrogen-bond acceptors (Lipinski definition) is 5. The Morgan fingerprint density at radius 2 is 1.91 bits per heavy atom. The van der Waals surface area contributed by atoms with Gasteiger partial charge in [0.1, 0.15) is 12.1 Å². The van der Waals surface area contributed by atoms with E-state index >= 15 is 0 Å². The molecule has 1 unspecified atom stereocenters. The van der Waals surface area contributed by atoms with Crippen molar-refractivity contribution in [2.45, 2.75) is 44.2 Å². The lowest BCUT2D eigenvalue weighted by Crippen LogP contribution is -2.65. The molecule has 1 aromatic heterocycles. The second kappa shape index (κ2) is 10.4. The highest BCUT2D eigenvalue weighted by atomic mass is 32.2. The largest absolute Gasteiger partial charge is 0.454 e. The van der Waals surface area contributed by atoms with Crippen LogP contribution in [-0.2, 0) is 21.5 Å². The Balaban J connectivity index is 1.28. The van der Waals surface area contributed by atoms with Gasteiger partial charge in [-0.1, -0.05) is 36.4 Å². The van der Waals surface area contributed by atoms with Crippen LogP contribution in [0.4, 0.5) is 0 Å². The number of thioether (sulfide) groups is 1. The Morgan fingerprint density at radius 1 is 1.15 bits per heavy atom. The summed E-state index contributed by atoms with van der Waals surface area (Å²) in [5.41, 5.74) is 1.64. The van der Waals surface area contributed by atoms with E-state index in [0.717, 1.165) is 60.6 Å². The average molecular weight is 481 g/mol. The number of piperidine rings is 3. The summed E-state index contributed by atoms with van der Waals surface area (Å²) in [7, 11) is 0. The second-order valence-corrected chi connectivity index (χ2v) is 11.7. The van der Waals surface area contributed by atoms with Gasteiger partial charge >= 0.3 is 5.97 Å². The Bertz CT molecular complexity index is 943. The summed E-state index contributed by atoms with van der Waals surface area (Å²) in [6, 6.07) is 14.5. The zero-order valence-corrected chi connectivity index (χ0v) is 21.2. The number of carbonyl (C=O) groups excluding carboxylic acids is 1. The number of aryl methyl sites for hydroxylation is 1. The van der Waals surface area contributed by atoms with Crippen molar-refractivity contribution in [2.75, 3.05) is 50.8 Å². The average Bonchev–Trinajstić information content (AvgIpc) is 2.90. The van der Waals surface area contributed by atoms with Crippen LogP contribution in [0.3, 0.4) is 0 Å². The van der Waals surface area contributed by atoms with Crippen LogP contribution in [0.1, 0.15) is 37.3 Å². The first-order valence-corrected chi connectivity index (χ1v) is 14.1. The molecule has 2 aromatic rings. The molecule has 0 spiro atoms. The molecule has 1 aromatic carbocycles. The molecule has 4 fully saturated rings. The quantitative estimate of drug-likeness (QED) is 0.420. The monoisotopic (exact) mass is 480 g/mol. The first kappa shape index (κ1) is 23.8. The van der Waals surface area contributed by atoms with Crippen molar-refractivity contribution in [2.24, 2.45) is 5.92 Å². The Morgan fingerprint density at radius 3 is 2.62 bits per heavy atom. The molecule has 4 aliphatic heterocycles. The van der Waals surface area contributed by atoms with Crippen molar-refractivity contribution in [1.82, 2.24) is 9.88 Å². The minimum absolute atomic E-state index is 0.0376. The van der Waals surface area contributed by atoms with Gasteiger partial charge in [0.25, 0.3) is 0 Å². The van der Waals surface area contributed by atoms with Crippen LogP contribution in [0.2, 0.25) is 0 Å². The Kier molecular flexibility index (Phi) is 7.28. The predicted molar refractivity (Wildman–Crippen MR) is 138 cm³/mol. The standard InChI is InChI=1S/C28H38N3O2S/c1-28(25-9-3-2-4-10-25,30-14-19-34-20-15-30)27(32)33-26-22-31(17-11-24(26)12-18-31)16-6-8-23-7-5-13-29-21-23/h2-5,7,9-10,13,21,24,26H,6,8,11-12,14-20,22H2,1H3/q+1/t24?,26-,28?,31?/m0/s1. The van der Waals surface area contributed by atoms with Crippen LogP contribution >= 0.6 is 11.8 Å². The summed E-state index contributed by atoms with van der Waals surface area (Å²) in [5, 5.41) is 0. The fourth-order valence-electron chi connectivity index (χ4n) is 6.29. The molecular weight excluding hydrogens is 442 g/mol. The topological polar surface area (TPSA) is 42.4 Å². The molecule has 5 heterocycles. The van der Waals surface area contributed by atoms with Crippen LogP contribution in [-0.4, -0.2) is 77.2 Å². The lowest BCUT2D eigenvalue weighted by atomic mass is 9.82. The van der Waals surface area contributed by atoms with Gasteiger partial charge in [0, 0.05) is 62.2 Å². The summed E-state index contributed by atoms with van der Waals surface area (Å²) in [6.07, 6.45) is 8.43. The number of carbonyl (C=O) groups is 1. The van der Waals surface area contributed by atoms with Gasteiger partial charge in [-0.15, -0.1) is 0 Å². The molecule has 2 bridgehead atoms. The molecule has 0 amide bonds. The number of pyridine rings is 1. The third kappa shape index (κ3) is 4.91. The molecule has 4 saturated heterocycles. The van der Waals surface area contributed by atoms with E-state index in [2.05, 4.69) is 35.0 Å². The van der Waals surface area contributed by atoms with E-state index < -0.39 is 5.54 Å². The fourth-order valence-corrected chi connectivity index (χ4v) is 7.19. The third-order valence-corrected chi connectivity index (χ3v) is 9.44. The van der Waals surface area contributed by atoms with Gasteiger partial charge in [0.2, 0.25) is 0 Å². The minimum Gasteiger partial charge on any atom is -0.454 e. The Labute approximate surface area is 208 Å². The maximum atomic E-state index is 13.9. The minimum atomic E-state index is -0.723. The van der Waals surface area contributed by atoms with E-state index in [0.29, 0.717) is 5.92 Å². The smallest absolute Gasteiger partial charge is 0.331 e. The second-order valence-electron chi connectivity index (χ2n) is 10.5. The third-order valence-electron chi connectivity index (χ3n) is 8.50. The first-order chi connectivity index (χ1) is 16.6. The van der Waals surface area contributed by atoms with Crippen LogP contribution in [0.25, 0.3) is 0 Å². The molecule has 6 heteroatoms. The molecule has 0 saturated carbocycles. The first-order valence-electron chi connectivity index (χ1n) is 12.9. The van der Waals surface area contributed by atoms with E-state index in [-0.39, 0.29) is 12.1 Å². The predicted octanol–water partition coefficient (Wildman–Crippen LogP) is 4.13. The molecule has 5 nitrogen and oxygen atoms in total. The normalized spacial score (nSPS) is 28.9. The maximum Gasteiger partial charge on any atom is 0.331 e. The molecule has 4 aliphatic rings. The number of rotatable bonds is 8. The zero-order chi connectivity index (χ0) is 23.4. The van der Waals surface area contributed by atoms with Crippen molar-refractivity contribution in [3.63, 3.8) is 0 Å². The maximum absolute atomic E-state index is 13.9. The van der Waals surface area contributed by atoms with Gasteiger partial charge < -0.3 is 9.22 Å². The highest BCUT2D eigenvalue weighted by Gasteiger charge is 2.50. The SMILES string of the molecule is CC(C(=O)O[C@H]1C[N+]2(CCCc3cccnc3)CCC1CC2)(c1ccccc1)N1CCSCC1. The highest BCUT2D eigenvalue weighted by molar-refractivity contribution is 7.99. The summed E-state index contributed by atoms with van der Waals surface area (Å²) in [5.74, 6) is 2.59. The fraction of sp³-hybridized carbons (Fsp3) is 0.571. The van der Waals surface area contributed by atoms with Gasteiger partial charge in [0.15, 0.2) is 6.10 Å². The molecule has 0 radical (unpaired) electrons. The number of hydrogen-bond donors (Lipinski definition) is 0. The van der Waals surface area contributed by atoms with Crippen molar-refractivity contribution in [3.05, 3.63) is 66.0 Å². The van der Waals surface area contributed by atoms with Gasteiger partial charge in [-0.2, -0.15) is 11.8 Å². The summed E-state index contributed by atoms with van der Waals surface area (Å²) in [4.78, 5) is 20.5. The molecule has 6 rings (SSSR count). The number of quaternary nitrogens is 1. The molecular formula is C28H38N3O2S+. The summed E-state index contributed by atoms with van der Waals surface area (Å²) in [6.45, 7) is 8.52. The van der Waals surface area contributed by atoms with Crippen molar-refractivity contribution in [1.29, 1.82) is 0 Å². The van der Waals surface area contributed by atoms with E-state index in [1.165, 1.54) is 31.5 Å². The van der Waals surface area contributed by atoms with Crippen LogP contribution in [0, 0.1) is 5.92 Å². The number of fused-ring (bicyclic) bond motifs is 3. The molecule has 2 atom stereocenters. The van der Waals surface area contributed by atoms with Crippen molar-refractivity contribution >= 4 is 17.7 Å². The molecule has 0 aliphatic carbocycles. The highest BCUT2D eigenvalue weighted by Crippen LogP contribution is 2.38. The number of esters is 1. The van der Waals surface area contributed by atoms with Gasteiger partial charge in [-0.25, -0.2) is 4.79 Å². The number of ether oxygens (including phenoxy) is 1. The number of aromatic nitrogens is 1. The van der Waals surface area contributed by atoms with E-state index in [9.17, 15) is 4.79 Å². The van der Waals surface area contributed by atoms with Gasteiger partial charge in [-0.3, -0.25) is 9.88 Å². The van der Waals surface area contributed by atoms with E-state index in [1.54, 1.807) is 0 Å². The van der Waals surface area contributed by atoms with Crippen LogP contribution in [0.5, 0.6) is 0 Å². The van der Waals surface area contributed by atoms with Crippen molar-refractivity contribution in [3.8, 4) is 0 Å². The summed E-state index contributed by atoms with van der Waals surface area (Å²) < 4.78 is 7.58. The Hall–Kier alpha value is -1.89. The van der Waals surface area contributed by atoms with Gasteiger partial charge in [-0.05, 0) is 30.5 Å². The van der Waals surface area contributed by atoms with Crippen LogP contribution in [0.15, 0.2) is 54.9 Å². The lowest BCUT2D eigenvalue weighted by Gasteiger charge is -2.53. The molecule has 34 heavy (non-hydrogen) atoms. The number of nitrogens with zero attached hydrogens (tertiary/aromatic N) is 3. The van der Waals surface area contributed by atoms with Gasteiger partial charge in [0.05, 0.1) is 19.6 Å².